The predicted molar refractivity (Wildman–Crippen MR) is 101 cm³/mol. The monoisotopic (exact) mass is 372 g/mol. The minimum absolute atomic E-state index is 0.0199. The number of allylic oxidation sites excluding steroid dienone is 4. The summed E-state index contributed by atoms with van der Waals surface area (Å²) in [5, 5.41) is 25.4. The third kappa shape index (κ3) is 2.77. The fourth-order valence-corrected chi connectivity index (χ4v) is 6.67. The molecule has 1 N–H and O–H groups in total. The Hall–Kier alpha value is -1.62. The van der Waals surface area contributed by atoms with Crippen LogP contribution < -0.4 is 5.11 Å². The van der Waals surface area contributed by atoms with E-state index in [1.807, 2.05) is 13.0 Å². The Bertz CT molecular complexity index is 737. The average molecular weight is 372 g/mol. The van der Waals surface area contributed by atoms with Gasteiger partial charge in [0.15, 0.2) is 6.61 Å². The van der Waals surface area contributed by atoms with Crippen molar-refractivity contribution in [1.29, 1.82) is 0 Å². The van der Waals surface area contributed by atoms with Crippen molar-refractivity contribution in [2.45, 2.75) is 64.9 Å². The van der Waals surface area contributed by atoms with Crippen LogP contribution in [0, 0.1) is 28.6 Å². The molecule has 0 aromatic rings. The first kappa shape index (κ1) is 18.7. The molecule has 0 spiro atoms. The van der Waals surface area contributed by atoms with E-state index in [-0.39, 0.29) is 10.8 Å². The third-order valence-corrected chi connectivity index (χ3v) is 8.48. The van der Waals surface area contributed by atoms with Crippen LogP contribution in [0.3, 0.4) is 0 Å². The highest BCUT2D eigenvalue weighted by atomic mass is 16.6. The fourth-order valence-electron chi connectivity index (χ4n) is 6.67. The number of oxime groups is 1. The highest BCUT2D eigenvalue weighted by Crippen LogP contribution is 2.66. The van der Waals surface area contributed by atoms with Gasteiger partial charge in [0, 0.05) is 5.41 Å². The van der Waals surface area contributed by atoms with Crippen LogP contribution in [0.25, 0.3) is 0 Å². The Labute approximate surface area is 161 Å². The van der Waals surface area contributed by atoms with E-state index in [0.717, 1.165) is 38.5 Å². The molecular formula is C22H30NO4-. The Morgan fingerprint density at radius 2 is 2.00 bits per heavy atom. The van der Waals surface area contributed by atoms with Gasteiger partial charge in [-0.3, -0.25) is 0 Å². The third-order valence-electron chi connectivity index (χ3n) is 8.48. The van der Waals surface area contributed by atoms with Crippen LogP contribution in [-0.4, -0.2) is 29.0 Å². The second kappa shape index (κ2) is 6.20. The van der Waals surface area contributed by atoms with Gasteiger partial charge in [-0.2, -0.15) is 0 Å². The molecule has 0 aliphatic heterocycles. The molecule has 0 aromatic heterocycles. The van der Waals surface area contributed by atoms with Gasteiger partial charge in [0.25, 0.3) is 0 Å². The maximum atomic E-state index is 11.0. The normalized spacial score (nSPS) is 47.0. The van der Waals surface area contributed by atoms with Crippen LogP contribution in [0.2, 0.25) is 0 Å². The zero-order valence-electron chi connectivity index (χ0n) is 16.5. The molecule has 4 aliphatic rings. The molecule has 3 saturated carbocycles. The van der Waals surface area contributed by atoms with Gasteiger partial charge in [0.05, 0.1) is 11.6 Å². The lowest BCUT2D eigenvalue weighted by Gasteiger charge is -2.58. The van der Waals surface area contributed by atoms with Crippen LogP contribution in [-0.2, 0) is 9.63 Å². The van der Waals surface area contributed by atoms with Gasteiger partial charge in [-0.1, -0.05) is 30.7 Å². The average Bonchev–Trinajstić information content (AvgIpc) is 2.84. The fraction of sp³-hybridized carbons (Fsp3) is 0.727. The second-order valence-corrected chi connectivity index (χ2v) is 9.63. The van der Waals surface area contributed by atoms with Crippen molar-refractivity contribution in [3.8, 4) is 0 Å². The van der Waals surface area contributed by atoms with Gasteiger partial charge in [-0.05, 0) is 80.8 Å². The van der Waals surface area contributed by atoms with E-state index in [4.69, 9.17) is 4.84 Å². The molecule has 4 aliphatic carbocycles. The summed E-state index contributed by atoms with van der Waals surface area (Å²) in [5.41, 5.74) is 1.56. The Morgan fingerprint density at radius 1 is 1.26 bits per heavy atom. The molecule has 0 amide bonds. The molecule has 0 bridgehead atoms. The maximum Gasteiger partial charge on any atom is 0.156 e. The minimum atomic E-state index is -1.27. The van der Waals surface area contributed by atoms with Crippen molar-refractivity contribution in [3.63, 3.8) is 0 Å². The summed E-state index contributed by atoms with van der Waals surface area (Å²) in [7, 11) is 0. The van der Waals surface area contributed by atoms with E-state index in [2.05, 4.69) is 31.2 Å². The number of hydrogen-bond acceptors (Lipinski definition) is 5. The number of fused-ring (bicyclic) bond motifs is 5. The van der Waals surface area contributed by atoms with Crippen LogP contribution in [0.5, 0.6) is 0 Å². The lowest BCUT2D eigenvalue weighted by Crippen LogP contribution is -2.53. The van der Waals surface area contributed by atoms with Gasteiger partial charge in [0.2, 0.25) is 0 Å². The summed E-state index contributed by atoms with van der Waals surface area (Å²) >= 11 is 0. The Balaban J connectivity index is 1.57. The van der Waals surface area contributed by atoms with Crippen LogP contribution >= 0.6 is 0 Å². The number of carboxylic acids is 1. The summed E-state index contributed by atoms with van der Waals surface area (Å²) in [4.78, 5) is 15.3. The number of aliphatic carboxylic acids is 1. The number of carbonyl (C=O) groups excluding carboxylic acids is 1. The largest absolute Gasteiger partial charge is 0.546 e. The molecule has 5 nitrogen and oxygen atoms in total. The Kier molecular flexibility index (Phi) is 4.30. The summed E-state index contributed by atoms with van der Waals surface area (Å²) in [6.07, 6.45) is 12.7. The van der Waals surface area contributed by atoms with E-state index in [1.165, 1.54) is 5.57 Å². The van der Waals surface area contributed by atoms with E-state index >= 15 is 0 Å². The highest BCUT2D eigenvalue weighted by Gasteiger charge is 2.61. The first-order valence-electron chi connectivity index (χ1n) is 10.2. The smallest absolute Gasteiger partial charge is 0.156 e. The summed E-state index contributed by atoms with van der Waals surface area (Å²) in [6.45, 7) is 6.16. The van der Waals surface area contributed by atoms with Crippen molar-refractivity contribution in [2.24, 2.45) is 33.7 Å². The number of nitrogens with zero attached hydrogens (tertiary/aromatic N) is 1. The second-order valence-electron chi connectivity index (χ2n) is 9.63. The van der Waals surface area contributed by atoms with Gasteiger partial charge in [-0.15, -0.1) is 0 Å². The minimum Gasteiger partial charge on any atom is -0.546 e. The number of carboxylic acid groups (broad SMARTS) is 1. The molecular weight excluding hydrogens is 342 g/mol. The summed E-state index contributed by atoms with van der Waals surface area (Å²) < 4.78 is 0. The molecule has 3 fully saturated rings. The van der Waals surface area contributed by atoms with E-state index in [0.29, 0.717) is 23.5 Å². The molecule has 4 rings (SSSR count). The van der Waals surface area contributed by atoms with Gasteiger partial charge < -0.3 is 19.8 Å². The number of hydrogen-bond donors (Lipinski definition) is 1. The van der Waals surface area contributed by atoms with Crippen molar-refractivity contribution >= 4 is 11.7 Å². The molecule has 148 valence electrons. The molecule has 27 heavy (non-hydrogen) atoms. The van der Waals surface area contributed by atoms with Crippen LogP contribution in [0.15, 0.2) is 29.0 Å². The van der Waals surface area contributed by atoms with Crippen molar-refractivity contribution < 1.29 is 19.8 Å². The molecule has 5 heteroatoms. The van der Waals surface area contributed by atoms with Gasteiger partial charge in [0.1, 0.15) is 5.71 Å². The van der Waals surface area contributed by atoms with Crippen LogP contribution in [0.4, 0.5) is 0 Å². The highest BCUT2D eigenvalue weighted by molar-refractivity contribution is 6.05. The quantitative estimate of drug-likeness (QED) is 0.772. The summed E-state index contributed by atoms with van der Waals surface area (Å²) in [6, 6.07) is 0. The zero-order chi connectivity index (χ0) is 19.4. The number of rotatable bonds is 3. The van der Waals surface area contributed by atoms with Crippen molar-refractivity contribution in [2.75, 3.05) is 6.61 Å². The van der Waals surface area contributed by atoms with E-state index in [1.54, 1.807) is 0 Å². The number of carbonyl (C=O) groups is 1. The molecule has 0 aromatic carbocycles. The first-order chi connectivity index (χ1) is 12.7. The van der Waals surface area contributed by atoms with Crippen LogP contribution in [0.1, 0.15) is 59.3 Å². The molecule has 0 unspecified atom stereocenters. The topological polar surface area (TPSA) is 82.0 Å². The lowest BCUT2D eigenvalue weighted by molar-refractivity contribution is -0.309. The molecule has 0 heterocycles. The standard InChI is InChI=1S/C22H31NO4/c1-20-9-6-15(23-27-13-19(24)25)12-14(20)4-5-16-17(20)7-10-21(2)18(16)8-11-22(21,3)26/h6,9,12,16-18,26H,4-5,7-8,10-11,13H2,1-3H3,(H,24,25)/p-1/b23-15-/t16-,17-,18-,20+,21+,22+/m1/s1. The lowest BCUT2D eigenvalue weighted by atomic mass is 9.47. The van der Waals surface area contributed by atoms with Gasteiger partial charge in [-0.25, -0.2) is 0 Å². The molecule has 0 radical (unpaired) electrons. The zero-order valence-corrected chi connectivity index (χ0v) is 16.5. The van der Waals surface area contributed by atoms with Crippen molar-refractivity contribution in [3.05, 3.63) is 23.8 Å². The summed E-state index contributed by atoms with van der Waals surface area (Å²) in [5.74, 6) is 0.568. The van der Waals surface area contributed by atoms with E-state index in [9.17, 15) is 15.0 Å². The molecule has 6 atom stereocenters. The first-order valence-corrected chi connectivity index (χ1v) is 10.2. The van der Waals surface area contributed by atoms with Crippen molar-refractivity contribution in [1.82, 2.24) is 0 Å². The maximum absolute atomic E-state index is 11.0. The SMILES string of the molecule is C[C@]12C=C/C(=N/OCC(=O)[O-])C=C1CC[C@@H]1[C@H]2CC[C@@]2(C)[C@@H]1CC[C@]2(C)O. The van der Waals surface area contributed by atoms with Gasteiger partial charge >= 0.3 is 0 Å². The number of aliphatic hydroxyl groups is 1. The molecule has 0 saturated heterocycles. The Morgan fingerprint density at radius 3 is 2.74 bits per heavy atom. The predicted octanol–water partition coefficient (Wildman–Crippen LogP) is 2.60. The van der Waals surface area contributed by atoms with E-state index < -0.39 is 18.2 Å².